The standard InChI is InChI=1S/C26H37N5O3/c1-6-34-19-9-7-18(8-10-19)23-12-20(22-14-28-31(15(2)3)24(22)30-23)25(32)27-13-21-16(4)11-17(5)29-26(21)33/h7-11,15,20,22-24,28,30H,6,12-14H2,1-5H3,(H,27,32)(H,29,33). The van der Waals surface area contributed by atoms with Gasteiger partial charge in [0.05, 0.1) is 12.8 Å². The molecule has 8 nitrogen and oxygen atoms in total. The average molecular weight is 468 g/mol. The third-order valence-electron chi connectivity index (χ3n) is 7.01. The first-order valence-electron chi connectivity index (χ1n) is 12.3. The molecular formula is C26H37N5O3. The molecule has 1 aromatic heterocycles. The number of pyridine rings is 1. The number of hydrogen-bond donors (Lipinski definition) is 4. The summed E-state index contributed by atoms with van der Waals surface area (Å²) in [4.78, 5) is 28.7. The number of carbonyl (C=O) groups is 1. The number of nitrogens with zero attached hydrogens (tertiary/aromatic N) is 1. The van der Waals surface area contributed by atoms with Crippen LogP contribution in [0.25, 0.3) is 0 Å². The highest BCUT2D eigenvalue weighted by Gasteiger charge is 2.47. The predicted molar refractivity (Wildman–Crippen MR) is 132 cm³/mol. The summed E-state index contributed by atoms with van der Waals surface area (Å²) < 4.78 is 5.60. The van der Waals surface area contributed by atoms with Gasteiger partial charge in [0.15, 0.2) is 0 Å². The van der Waals surface area contributed by atoms with E-state index < -0.39 is 0 Å². The van der Waals surface area contributed by atoms with E-state index in [1.807, 2.05) is 39.0 Å². The minimum Gasteiger partial charge on any atom is -0.494 e. The summed E-state index contributed by atoms with van der Waals surface area (Å²) in [6.45, 7) is 11.7. The first-order chi connectivity index (χ1) is 16.3. The fraction of sp³-hybridized carbons (Fsp3) is 0.538. The number of hydrazine groups is 1. The van der Waals surface area contributed by atoms with E-state index in [1.165, 1.54) is 0 Å². The van der Waals surface area contributed by atoms with Crippen molar-refractivity contribution in [2.75, 3.05) is 13.2 Å². The smallest absolute Gasteiger partial charge is 0.253 e. The molecule has 4 atom stereocenters. The summed E-state index contributed by atoms with van der Waals surface area (Å²) >= 11 is 0. The Labute approximate surface area is 201 Å². The molecule has 1 aromatic carbocycles. The van der Waals surface area contributed by atoms with E-state index in [4.69, 9.17) is 4.74 Å². The highest BCUT2D eigenvalue weighted by Crippen LogP contribution is 2.38. The van der Waals surface area contributed by atoms with Gasteiger partial charge in [-0.3, -0.25) is 20.3 Å². The summed E-state index contributed by atoms with van der Waals surface area (Å²) in [5.41, 5.74) is 6.83. The molecule has 34 heavy (non-hydrogen) atoms. The molecule has 0 radical (unpaired) electrons. The van der Waals surface area contributed by atoms with Crippen molar-refractivity contribution < 1.29 is 9.53 Å². The zero-order valence-electron chi connectivity index (χ0n) is 20.8. The Hall–Kier alpha value is -2.68. The number of rotatable bonds is 7. The van der Waals surface area contributed by atoms with E-state index in [0.717, 1.165) is 29.1 Å². The maximum Gasteiger partial charge on any atom is 0.253 e. The second-order valence-corrected chi connectivity index (χ2v) is 9.70. The first kappa shape index (κ1) is 24.4. The summed E-state index contributed by atoms with van der Waals surface area (Å²) in [6, 6.07) is 10.4. The van der Waals surface area contributed by atoms with E-state index in [9.17, 15) is 9.59 Å². The number of aromatic nitrogens is 1. The van der Waals surface area contributed by atoms with Gasteiger partial charge in [0.2, 0.25) is 5.91 Å². The molecule has 2 saturated heterocycles. The van der Waals surface area contributed by atoms with Crippen molar-refractivity contribution in [1.29, 1.82) is 0 Å². The Kier molecular flexibility index (Phi) is 7.40. The maximum atomic E-state index is 13.5. The Morgan fingerprint density at radius 2 is 1.97 bits per heavy atom. The molecule has 184 valence electrons. The number of aryl methyl sites for hydroxylation is 2. The lowest BCUT2D eigenvalue weighted by atomic mass is 9.78. The molecule has 2 fully saturated rings. The lowest BCUT2D eigenvalue weighted by Gasteiger charge is -2.42. The third-order valence-corrected chi connectivity index (χ3v) is 7.01. The number of hydrogen-bond acceptors (Lipinski definition) is 6. The normalized spacial score (nSPS) is 24.8. The van der Waals surface area contributed by atoms with Crippen LogP contribution in [-0.4, -0.2) is 41.3 Å². The largest absolute Gasteiger partial charge is 0.494 e. The molecule has 4 N–H and O–H groups in total. The van der Waals surface area contributed by atoms with Gasteiger partial charge in [-0.2, -0.15) is 0 Å². The van der Waals surface area contributed by atoms with Crippen molar-refractivity contribution in [2.24, 2.45) is 11.8 Å². The summed E-state index contributed by atoms with van der Waals surface area (Å²) in [5, 5.41) is 9.08. The van der Waals surface area contributed by atoms with E-state index in [-0.39, 0.29) is 42.1 Å². The zero-order chi connectivity index (χ0) is 24.4. The molecule has 2 aliphatic heterocycles. The number of carbonyl (C=O) groups excluding carboxylic acids is 1. The minimum atomic E-state index is -0.177. The van der Waals surface area contributed by atoms with Crippen LogP contribution in [0, 0.1) is 25.7 Å². The van der Waals surface area contributed by atoms with Gasteiger partial charge in [-0.15, -0.1) is 0 Å². The number of nitrogens with one attached hydrogen (secondary N) is 4. The molecule has 8 heteroatoms. The molecule has 3 heterocycles. The minimum absolute atomic E-state index is 0.000724. The second kappa shape index (κ2) is 10.3. The van der Waals surface area contributed by atoms with Crippen LogP contribution in [0.4, 0.5) is 0 Å². The van der Waals surface area contributed by atoms with Gasteiger partial charge in [0, 0.05) is 48.3 Å². The van der Waals surface area contributed by atoms with Crippen LogP contribution in [0.3, 0.4) is 0 Å². The predicted octanol–water partition coefficient (Wildman–Crippen LogP) is 2.53. The van der Waals surface area contributed by atoms with Crippen molar-refractivity contribution in [2.45, 2.75) is 65.8 Å². The van der Waals surface area contributed by atoms with Crippen LogP contribution in [0.15, 0.2) is 35.1 Å². The molecule has 4 rings (SSSR count). The highest BCUT2D eigenvalue weighted by molar-refractivity contribution is 5.79. The Morgan fingerprint density at radius 1 is 1.24 bits per heavy atom. The van der Waals surface area contributed by atoms with Crippen LogP contribution in [0.2, 0.25) is 0 Å². The van der Waals surface area contributed by atoms with Gasteiger partial charge < -0.3 is 15.0 Å². The summed E-state index contributed by atoms with van der Waals surface area (Å²) in [7, 11) is 0. The van der Waals surface area contributed by atoms with Crippen LogP contribution in [-0.2, 0) is 11.3 Å². The number of aromatic amines is 1. The van der Waals surface area contributed by atoms with E-state index >= 15 is 0 Å². The van der Waals surface area contributed by atoms with Crippen LogP contribution >= 0.6 is 0 Å². The molecule has 1 amide bonds. The summed E-state index contributed by atoms with van der Waals surface area (Å²) in [5.74, 6) is 0.807. The monoisotopic (exact) mass is 467 g/mol. The molecule has 4 unspecified atom stereocenters. The van der Waals surface area contributed by atoms with Gasteiger partial charge in [0.1, 0.15) is 5.75 Å². The molecule has 2 aromatic rings. The zero-order valence-corrected chi connectivity index (χ0v) is 20.8. The lowest BCUT2D eigenvalue weighted by Crippen LogP contribution is -2.57. The molecule has 0 spiro atoms. The van der Waals surface area contributed by atoms with E-state index in [1.54, 1.807) is 0 Å². The maximum absolute atomic E-state index is 13.5. The molecule has 0 bridgehead atoms. The van der Waals surface area contributed by atoms with Crippen LogP contribution < -0.4 is 26.4 Å². The Morgan fingerprint density at radius 3 is 2.62 bits per heavy atom. The third kappa shape index (κ3) is 5.04. The average Bonchev–Trinajstić information content (AvgIpc) is 3.22. The molecule has 0 aliphatic carbocycles. The summed E-state index contributed by atoms with van der Waals surface area (Å²) in [6.07, 6.45) is 0.739. The fourth-order valence-corrected chi connectivity index (χ4v) is 5.30. The number of amides is 1. The SMILES string of the molecule is CCOc1ccc(C2CC(C(=O)NCc3c(C)cc(C)[nH]c3=O)C3CNN(C(C)C)C3N2)cc1. The van der Waals surface area contributed by atoms with Gasteiger partial charge in [-0.25, -0.2) is 5.01 Å². The van der Waals surface area contributed by atoms with Crippen LogP contribution in [0.1, 0.15) is 55.6 Å². The first-order valence-corrected chi connectivity index (χ1v) is 12.3. The topological polar surface area (TPSA) is 98.5 Å². The lowest BCUT2D eigenvalue weighted by molar-refractivity contribution is -0.129. The van der Waals surface area contributed by atoms with Gasteiger partial charge >= 0.3 is 0 Å². The number of piperidine rings is 1. The Bertz CT molecular complexity index is 1070. The van der Waals surface area contributed by atoms with E-state index in [0.29, 0.717) is 24.6 Å². The Balaban J connectivity index is 1.54. The van der Waals surface area contributed by atoms with Crippen molar-refractivity contribution in [3.05, 3.63) is 63.1 Å². The molecule has 0 saturated carbocycles. The van der Waals surface area contributed by atoms with Crippen molar-refractivity contribution >= 4 is 5.91 Å². The number of H-pyrrole nitrogens is 1. The molecule has 2 aliphatic rings. The van der Waals surface area contributed by atoms with Crippen LogP contribution in [0.5, 0.6) is 5.75 Å². The van der Waals surface area contributed by atoms with E-state index in [2.05, 4.69) is 52.0 Å². The second-order valence-electron chi connectivity index (χ2n) is 9.70. The fourth-order valence-electron chi connectivity index (χ4n) is 5.30. The number of fused-ring (bicyclic) bond motifs is 1. The van der Waals surface area contributed by atoms with Crippen molar-refractivity contribution in [3.8, 4) is 5.75 Å². The number of benzene rings is 1. The highest BCUT2D eigenvalue weighted by atomic mass is 16.5. The van der Waals surface area contributed by atoms with Crippen molar-refractivity contribution in [3.63, 3.8) is 0 Å². The quantitative estimate of drug-likeness (QED) is 0.500. The van der Waals surface area contributed by atoms with Crippen molar-refractivity contribution in [1.82, 2.24) is 26.1 Å². The molecular weight excluding hydrogens is 430 g/mol. The van der Waals surface area contributed by atoms with Gasteiger partial charge in [0.25, 0.3) is 5.56 Å². The van der Waals surface area contributed by atoms with Gasteiger partial charge in [-0.05, 0) is 70.4 Å². The van der Waals surface area contributed by atoms with Gasteiger partial charge in [-0.1, -0.05) is 12.1 Å². The number of ether oxygens (including phenoxy) is 1.